The van der Waals surface area contributed by atoms with Crippen molar-refractivity contribution in [2.24, 2.45) is 0 Å². The van der Waals surface area contributed by atoms with Gasteiger partial charge in [-0.15, -0.1) is 23.1 Å². The number of carbonyl (C=O) groups is 5. The van der Waals surface area contributed by atoms with Crippen LogP contribution in [-0.2, 0) is 32.0 Å². The van der Waals surface area contributed by atoms with E-state index in [4.69, 9.17) is 9.47 Å². The van der Waals surface area contributed by atoms with Crippen molar-refractivity contribution in [3.8, 4) is 0 Å². The van der Waals surface area contributed by atoms with E-state index in [0.29, 0.717) is 45.2 Å². The van der Waals surface area contributed by atoms with E-state index < -0.39 is 34.7 Å². The Morgan fingerprint density at radius 3 is 2.49 bits per heavy atom. The molecule has 276 valence electrons. The molecule has 0 saturated carbocycles. The number of pyridine rings is 1. The first kappa shape index (κ1) is 38.8. The van der Waals surface area contributed by atoms with Crippen molar-refractivity contribution in [3.05, 3.63) is 112 Å². The summed E-state index contributed by atoms with van der Waals surface area (Å²) in [7, 11) is 0. The van der Waals surface area contributed by atoms with E-state index in [1.807, 2.05) is 6.07 Å². The van der Waals surface area contributed by atoms with E-state index >= 15 is 0 Å². The van der Waals surface area contributed by atoms with E-state index in [2.05, 4.69) is 20.9 Å². The molecule has 0 saturated heterocycles. The third-order valence-electron chi connectivity index (χ3n) is 7.72. The highest BCUT2D eigenvalue weighted by molar-refractivity contribution is 8.00. The Hall–Kier alpha value is -5.47. The molecule has 14 heteroatoms. The van der Waals surface area contributed by atoms with Gasteiger partial charge in [-0.05, 0) is 94.6 Å². The summed E-state index contributed by atoms with van der Waals surface area (Å²) < 4.78 is 10.9. The minimum absolute atomic E-state index is 0.0166. The number of ether oxygens (including phenoxy) is 2. The number of rotatable bonds is 11. The molecule has 3 heterocycles. The molecule has 0 radical (unpaired) electrons. The summed E-state index contributed by atoms with van der Waals surface area (Å²) in [6.45, 7) is 9.63. The summed E-state index contributed by atoms with van der Waals surface area (Å²) in [6, 6.07) is 19.0. The number of esters is 1. The molecule has 0 fully saturated rings. The molecule has 1 aliphatic heterocycles. The van der Waals surface area contributed by atoms with E-state index in [1.54, 1.807) is 113 Å². The van der Waals surface area contributed by atoms with Crippen LogP contribution in [0.3, 0.4) is 0 Å². The largest absolute Gasteiger partial charge is 0.462 e. The molecular formula is C39H41N5O7S2. The first-order valence-electron chi connectivity index (χ1n) is 17.0. The molecule has 0 aliphatic carbocycles. The van der Waals surface area contributed by atoms with Crippen molar-refractivity contribution in [2.75, 3.05) is 23.8 Å². The Morgan fingerprint density at radius 2 is 1.79 bits per heavy atom. The lowest BCUT2D eigenvalue weighted by Crippen LogP contribution is -2.39. The molecule has 3 N–H and O–H groups in total. The van der Waals surface area contributed by atoms with Crippen molar-refractivity contribution in [1.29, 1.82) is 0 Å². The van der Waals surface area contributed by atoms with Gasteiger partial charge in [0.25, 0.3) is 11.8 Å². The average molecular weight is 756 g/mol. The van der Waals surface area contributed by atoms with Gasteiger partial charge in [0.2, 0.25) is 5.91 Å². The zero-order valence-electron chi connectivity index (χ0n) is 30.1. The summed E-state index contributed by atoms with van der Waals surface area (Å²) in [4.78, 5) is 73.1. The van der Waals surface area contributed by atoms with Crippen LogP contribution in [0.15, 0.2) is 89.7 Å². The average Bonchev–Trinajstić information content (AvgIpc) is 3.48. The first-order valence-corrected chi connectivity index (χ1v) is 18.7. The number of benzene rings is 2. The number of thiophene rings is 1. The second-order valence-electron chi connectivity index (χ2n) is 13.0. The maximum Gasteiger partial charge on any atom is 0.410 e. The molecular weight excluding hydrogens is 715 g/mol. The van der Waals surface area contributed by atoms with E-state index in [0.717, 1.165) is 10.4 Å². The fourth-order valence-electron chi connectivity index (χ4n) is 5.28. The van der Waals surface area contributed by atoms with Gasteiger partial charge in [0.15, 0.2) is 0 Å². The van der Waals surface area contributed by atoms with Crippen LogP contribution in [0.1, 0.15) is 71.3 Å². The summed E-state index contributed by atoms with van der Waals surface area (Å²) in [6.07, 6.45) is 4.69. The number of hydrogen-bond acceptors (Lipinski definition) is 10. The second kappa shape index (κ2) is 17.4. The van der Waals surface area contributed by atoms with Crippen LogP contribution in [0.5, 0.6) is 0 Å². The number of nitrogens with one attached hydrogen (secondary N) is 3. The quantitative estimate of drug-likeness (QED) is 0.0823. The normalized spacial score (nSPS) is 13.3. The van der Waals surface area contributed by atoms with Crippen molar-refractivity contribution < 1.29 is 33.4 Å². The lowest BCUT2D eigenvalue weighted by atomic mass is 10.0. The van der Waals surface area contributed by atoms with Crippen molar-refractivity contribution in [3.63, 3.8) is 0 Å². The van der Waals surface area contributed by atoms with E-state index in [1.165, 1.54) is 29.2 Å². The number of carbonyl (C=O) groups excluding carboxylic acids is 5. The van der Waals surface area contributed by atoms with Gasteiger partial charge in [0.05, 0.1) is 24.0 Å². The third-order valence-corrected chi connectivity index (χ3v) is 9.95. The number of fused-ring (bicyclic) bond motifs is 1. The Labute approximate surface area is 316 Å². The highest BCUT2D eigenvalue weighted by Gasteiger charge is 2.33. The lowest BCUT2D eigenvalue weighted by Gasteiger charge is -2.30. The van der Waals surface area contributed by atoms with Gasteiger partial charge in [-0.1, -0.05) is 30.3 Å². The van der Waals surface area contributed by atoms with Gasteiger partial charge in [-0.2, -0.15) is 0 Å². The van der Waals surface area contributed by atoms with Crippen LogP contribution in [0.2, 0.25) is 0 Å². The molecule has 4 amide bonds. The van der Waals surface area contributed by atoms with Gasteiger partial charge in [-0.3, -0.25) is 19.4 Å². The Bertz CT molecular complexity index is 2010. The summed E-state index contributed by atoms with van der Waals surface area (Å²) in [5, 5.41) is 8.23. The third kappa shape index (κ3) is 10.5. The lowest BCUT2D eigenvalue weighted by molar-refractivity contribution is -0.115. The Morgan fingerprint density at radius 1 is 1.02 bits per heavy atom. The molecule has 2 aromatic heterocycles. The monoisotopic (exact) mass is 755 g/mol. The topological polar surface area (TPSA) is 156 Å². The number of amides is 4. The van der Waals surface area contributed by atoms with Gasteiger partial charge in [0, 0.05) is 40.0 Å². The van der Waals surface area contributed by atoms with Crippen molar-refractivity contribution in [1.82, 2.24) is 15.2 Å². The zero-order valence-corrected chi connectivity index (χ0v) is 31.7. The number of hydrogen-bond donors (Lipinski definition) is 3. The fourth-order valence-corrected chi connectivity index (χ4v) is 7.46. The highest BCUT2D eigenvalue weighted by atomic mass is 32.2. The number of anilines is 2. The molecule has 53 heavy (non-hydrogen) atoms. The second-order valence-corrected chi connectivity index (χ2v) is 15.5. The molecule has 5 rings (SSSR count). The number of nitrogens with zero attached hydrogens (tertiary/aromatic N) is 2. The minimum atomic E-state index is -0.651. The first-order chi connectivity index (χ1) is 25.3. The van der Waals surface area contributed by atoms with Crippen LogP contribution < -0.4 is 16.0 Å². The van der Waals surface area contributed by atoms with Gasteiger partial charge in [0.1, 0.15) is 16.3 Å². The minimum Gasteiger partial charge on any atom is -0.462 e. The molecule has 12 nitrogen and oxygen atoms in total. The summed E-state index contributed by atoms with van der Waals surface area (Å²) >= 11 is 2.51. The van der Waals surface area contributed by atoms with Crippen LogP contribution in [0.4, 0.5) is 15.5 Å². The highest BCUT2D eigenvalue weighted by Crippen LogP contribution is 2.39. The maximum absolute atomic E-state index is 13.6. The van der Waals surface area contributed by atoms with Gasteiger partial charge in [-0.25, -0.2) is 9.59 Å². The molecule has 1 aliphatic rings. The fraction of sp³-hybridized carbons (Fsp3) is 0.282. The summed E-state index contributed by atoms with van der Waals surface area (Å²) in [5.41, 5.74) is 1.88. The Balaban J connectivity index is 1.28. The van der Waals surface area contributed by atoms with E-state index in [9.17, 15) is 24.0 Å². The number of aromatic nitrogens is 1. The molecule has 2 aromatic carbocycles. The summed E-state index contributed by atoms with van der Waals surface area (Å²) in [5.74, 6) is -1.88. The van der Waals surface area contributed by atoms with Gasteiger partial charge >= 0.3 is 12.1 Å². The molecule has 1 atom stereocenters. The number of thioether (sulfide) groups is 1. The van der Waals surface area contributed by atoms with Crippen LogP contribution in [0.25, 0.3) is 6.08 Å². The molecule has 4 aromatic rings. The zero-order chi connectivity index (χ0) is 38.1. The predicted molar refractivity (Wildman–Crippen MR) is 206 cm³/mol. The van der Waals surface area contributed by atoms with Crippen LogP contribution in [-0.4, -0.2) is 63.7 Å². The van der Waals surface area contributed by atoms with Crippen LogP contribution >= 0.6 is 23.1 Å². The SMILES string of the molecule is CCOC(=O)c1c(NC(=O)C(C)Sc2cccc(NC(=O)/C(=C/c3cccnc3)NC(=O)c3ccccc3)c2)sc2c1CCN(C(=O)OC(C)(C)C)C2. The van der Waals surface area contributed by atoms with Crippen LogP contribution in [0, 0.1) is 0 Å². The van der Waals surface area contributed by atoms with Gasteiger partial charge < -0.3 is 30.3 Å². The predicted octanol–water partition coefficient (Wildman–Crippen LogP) is 7.14. The standard InChI is InChI=1S/C39H41N5O7S2/c1-6-50-37(48)32-29-17-19-44(38(49)51-39(3,4)5)23-31(29)53-36(32)43-33(45)24(2)52-28-16-10-15-27(21-28)41-35(47)30(20-25-12-11-18-40-22-25)42-34(46)26-13-8-7-9-14-26/h7-16,18,20-22,24H,6,17,19,23H2,1-5H3,(H,41,47)(H,42,46)(H,43,45)/b30-20-. The van der Waals surface area contributed by atoms with Crippen molar-refractivity contribution in [2.45, 2.75) is 63.3 Å². The van der Waals surface area contributed by atoms with E-state index in [-0.39, 0.29) is 24.8 Å². The molecule has 0 spiro atoms. The Kier molecular flexibility index (Phi) is 12.7. The molecule has 1 unspecified atom stereocenters. The van der Waals surface area contributed by atoms with Crippen molar-refractivity contribution >= 4 is 69.6 Å². The smallest absolute Gasteiger partial charge is 0.410 e. The molecule has 0 bridgehead atoms. The maximum atomic E-state index is 13.6.